The highest BCUT2D eigenvalue weighted by Gasteiger charge is 2.10. The summed E-state index contributed by atoms with van der Waals surface area (Å²) in [7, 11) is 0. The van der Waals surface area contributed by atoms with Crippen LogP contribution in [0.5, 0.6) is 0 Å². The molecule has 0 bridgehead atoms. The summed E-state index contributed by atoms with van der Waals surface area (Å²) in [5.41, 5.74) is 6.51. The number of aromatic nitrogens is 2. The van der Waals surface area contributed by atoms with Crippen molar-refractivity contribution in [1.29, 1.82) is 0 Å². The molecule has 0 aliphatic heterocycles. The monoisotopic (exact) mass is 282 g/mol. The SMILES string of the molecule is Nc1nnc(C(=O)NCCc2ccc(Cl)cc2)s1. The molecule has 0 fully saturated rings. The molecule has 94 valence electrons. The van der Waals surface area contributed by atoms with Gasteiger partial charge in [0, 0.05) is 11.6 Å². The lowest BCUT2D eigenvalue weighted by molar-refractivity contribution is 0.0953. The number of nitrogens with zero attached hydrogens (tertiary/aromatic N) is 2. The first-order chi connectivity index (χ1) is 8.65. The molecule has 2 rings (SSSR count). The van der Waals surface area contributed by atoms with Gasteiger partial charge in [0.15, 0.2) is 0 Å². The van der Waals surface area contributed by atoms with E-state index in [0.717, 1.165) is 23.3 Å². The van der Waals surface area contributed by atoms with Crippen LogP contribution in [-0.4, -0.2) is 22.6 Å². The van der Waals surface area contributed by atoms with Crippen LogP contribution in [0.3, 0.4) is 0 Å². The van der Waals surface area contributed by atoms with Gasteiger partial charge in [0.1, 0.15) is 0 Å². The Bertz CT molecular complexity index is 540. The van der Waals surface area contributed by atoms with Gasteiger partial charge in [-0.3, -0.25) is 4.79 Å². The minimum absolute atomic E-state index is 0.252. The molecule has 0 aliphatic rings. The highest BCUT2D eigenvalue weighted by atomic mass is 35.5. The second-order valence-corrected chi connectivity index (χ2v) is 5.02. The third-order valence-corrected chi connectivity index (χ3v) is 3.25. The summed E-state index contributed by atoms with van der Waals surface area (Å²) in [5, 5.41) is 11.3. The molecule has 0 saturated heterocycles. The lowest BCUT2D eigenvalue weighted by atomic mass is 10.1. The van der Waals surface area contributed by atoms with Gasteiger partial charge in [-0.25, -0.2) is 0 Å². The van der Waals surface area contributed by atoms with E-state index in [2.05, 4.69) is 15.5 Å². The number of nitrogens with one attached hydrogen (secondary N) is 1. The van der Waals surface area contributed by atoms with E-state index in [4.69, 9.17) is 17.3 Å². The molecule has 2 aromatic rings. The smallest absolute Gasteiger partial charge is 0.282 e. The van der Waals surface area contributed by atoms with Crippen LogP contribution in [0.4, 0.5) is 5.13 Å². The Morgan fingerprint density at radius 2 is 2.06 bits per heavy atom. The maximum atomic E-state index is 11.6. The van der Waals surface area contributed by atoms with E-state index in [0.29, 0.717) is 11.6 Å². The van der Waals surface area contributed by atoms with Gasteiger partial charge in [0.2, 0.25) is 10.1 Å². The molecule has 0 radical (unpaired) electrons. The van der Waals surface area contributed by atoms with E-state index in [1.54, 1.807) is 0 Å². The van der Waals surface area contributed by atoms with E-state index in [9.17, 15) is 4.79 Å². The number of halogens is 1. The van der Waals surface area contributed by atoms with E-state index >= 15 is 0 Å². The molecule has 3 N–H and O–H groups in total. The average molecular weight is 283 g/mol. The van der Waals surface area contributed by atoms with Crippen molar-refractivity contribution in [2.45, 2.75) is 6.42 Å². The molecule has 1 heterocycles. The molecule has 0 spiro atoms. The molecule has 1 aromatic carbocycles. The number of carbonyl (C=O) groups excluding carboxylic acids is 1. The zero-order chi connectivity index (χ0) is 13.0. The van der Waals surface area contributed by atoms with E-state index < -0.39 is 0 Å². The van der Waals surface area contributed by atoms with Crippen LogP contribution in [0.25, 0.3) is 0 Å². The number of benzene rings is 1. The molecule has 1 amide bonds. The van der Waals surface area contributed by atoms with Crippen molar-refractivity contribution in [3.05, 3.63) is 39.9 Å². The molecule has 0 atom stereocenters. The highest BCUT2D eigenvalue weighted by molar-refractivity contribution is 7.16. The van der Waals surface area contributed by atoms with E-state index in [1.807, 2.05) is 24.3 Å². The fourth-order valence-corrected chi connectivity index (χ4v) is 2.03. The van der Waals surface area contributed by atoms with Crippen LogP contribution in [-0.2, 0) is 6.42 Å². The molecule has 7 heteroatoms. The highest BCUT2D eigenvalue weighted by Crippen LogP contribution is 2.11. The zero-order valence-corrected chi connectivity index (χ0v) is 11.0. The van der Waals surface area contributed by atoms with Gasteiger partial charge in [0.25, 0.3) is 5.91 Å². The normalized spacial score (nSPS) is 10.3. The predicted octanol–water partition coefficient (Wildman–Crippen LogP) is 1.75. The van der Waals surface area contributed by atoms with Gasteiger partial charge < -0.3 is 11.1 Å². The Balaban J connectivity index is 1.82. The van der Waals surface area contributed by atoms with Crippen molar-refractivity contribution in [1.82, 2.24) is 15.5 Å². The standard InChI is InChI=1S/C11H11ClN4OS/c12-8-3-1-7(2-4-8)5-6-14-9(17)10-15-16-11(13)18-10/h1-4H,5-6H2,(H2,13,16)(H,14,17). The van der Waals surface area contributed by atoms with E-state index in [-0.39, 0.29) is 16.0 Å². The average Bonchev–Trinajstić information content (AvgIpc) is 2.78. The topological polar surface area (TPSA) is 80.9 Å². The van der Waals surface area contributed by atoms with Crippen LogP contribution >= 0.6 is 22.9 Å². The summed E-state index contributed by atoms with van der Waals surface area (Å²) in [6.45, 7) is 0.528. The Hall–Kier alpha value is -1.66. The Morgan fingerprint density at radius 3 is 2.67 bits per heavy atom. The van der Waals surface area contributed by atoms with Gasteiger partial charge in [0.05, 0.1) is 0 Å². The summed E-state index contributed by atoms with van der Waals surface area (Å²) in [6, 6.07) is 7.50. The van der Waals surface area contributed by atoms with Crippen LogP contribution in [0.15, 0.2) is 24.3 Å². The number of nitrogen functional groups attached to an aromatic ring is 1. The molecule has 0 unspecified atom stereocenters. The van der Waals surface area contributed by atoms with E-state index in [1.165, 1.54) is 0 Å². The summed E-state index contributed by atoms with van der Waals surface area (Å²) >= 11 is 6.85. The summed E-state index contributed by atoms with van der Waals surface area (Å²) in [4.78, 5) is 11.6. The number of rotatable bonds is 4. The number of amides is 1. The van der Waals surface area contributed by atoms with Crippen molar-refractivity contribution < 1.29 is 4.79 Å². The Morgan fingerprint density at radius 1 is 1.33 bits per heavy atom. The lowest BCUT2D eigenvalue weighted by Crippen LogP contribution is -2.25. The van der Waals surface area contributed by atoms with Gasteiger partial charge in [-0.15, -0.1) is 10.2 Å². The number of hydrogen-bond donors (Lipinski definition) is 2. The van der Waals surface area contributed by atoms with Crippen molar-refractivity contribution in [3.63, 3.8) is 0 Å². The van der Waals surface area contributed by atoms with Gasteiger partial charge in [-0.2, -0.15) is 0 Å². The summed E-state index contributed by atoms with van der Waals surface area (Å²) in [5.74, 6) is -0.252. The second-order valence-electron chi connectivity index (χ2n) is 3.58. The minimum Gasteiger partial charge on any atom is -0.374 e. The lowest BCUT2D eigenvalue weighted by Gasteiger charge is -2.03. The van der Waals surface area contributed by atoms with Crippen molar-refractivity contribution in [2.75, 3.05) is 12.3 Å². The van der Waals surface area contributed by atoms with Gasteiger partial charge in [-0.1, -0.05) is 35.1 Å². The summed E-state index contributed by atoms with van der Waals surface area (Å²) < 4.78 is 0. The van der Waals surface area contributed by atoms with Crippen LogP contribution in [0.2, 0.25) is 5.02 Å². The Kier molecular flexibility index (Phi) is 4.11. The maximum Gasteiger partial charge on any atom is 0.282 e. The third-order valence-electron chi connectivity index (χ3n) is 2.25. The van der Waals surface area contributed by atoms with Gasteiger partial charge in [-0.05, 0) is 24.1 Å². The maximum absolute atomic E-state index is 11.6. The number of anilines is 1. The molecule has 18 heavy (non-hydrogen) atoms. The minimum atomic E-state index is -0.252. The van der Waals surface area contributed by atoms with Crippen molar-refractivity contribution in [2.24, 2.45) is 0 Å². The fourth-order valence-electron chi connectivity index (χ4n) is 1.37. The fraction of sp³-hybridized carbons (Fsp3) is 0.182. The van der Waals surface area contributed by atoms with Crippen LogP contribution < -0.4 is 11.1 Å². The van der Waals surface area contributed by atoms with Gasteiger partial charge >= 0.3 is 0 Å². The molecule has 0 saturated carbocycles. The predicted molar refractivity (Wildman–Crippen MR) is 71.8 cm³/mol. The summed E-state index contributed by atoms with van der Waals surface area (Å²) in [6.07, 6.45) is 0.733. The molecule has 5 nitrogen and oxygen atoms in total. The number of nitrogens with two attached hydrogens (primary N) is 1. The zero-order valence-electron chi connectivity index (χ0n) is 9.39. The Labute approximate surface area is 113 Å². The first kappa shape index (κ1) is 12.8. The first-order valence-electron chi connectivity index (χ1n) is 5.27. The number of carbonyl (C=O) groups is 1. The molecule has 0 aliphatic carbocycles. The number of hydrogen-bond acceptors (Lipinski definition) is 5. The third kappa shape index (κ3) is 3.41. The second kappa shape index (κ2) is 5.79. The molecular weight excluding hydrogens is 272 g/mol. The van der Waals surface area contributed by atoms with Crippen LogP contribution in [0.1, 0.15) is 15.4 Å². The quantitative estimate of drug-likeness (QED) is 0.895. The molecule has 1 aromatic heterocycles. The largest absolute Gasteiger partial charge is 0.374 e. The van der Waals surface area contributed by atoms with Crippen molar-refractivity contribution in [3.8, 4) is 0 Å². The first-order valence-corrected chi connectivity index (χ1v) is 6.46. The molecular formula is C11H11ClN4OS. The van der Waals surface area contributed by atoms with Crippen LogP contribution in [0, 0.1) is 0 Å². The van der Waals surface area contributed by atoms with Crippen molar-refractivity contribution >= 4 is 34.0 Å².